The highest BCUT2D eigenvalue weighted by molar-refractivity contribution is 5.56. The summed E-state index contributed by atoms with van der Waals surface area (Å²) in [5, 5.41) is 0. The minimum Gasteiger partial charge on any atom is -0.340 e. The second-order valence-electron chi connectivity index (χ2n) is 3.64. The summed E-state index contributed by atoms with van der Waals surface area (Å²) in [7, 11) is 0. The smallest absolute Gasteiger partial charge is 0.0944 e. The largest absolute Gasteiger partial charge is 0.340 e. The third kappa shape index (κ3) is 9.26. The van der Waals surface area contributed by atoms with Crippen molar-refractivity contribution in [3.63, 3.8) is 0 Å². The van der Waals surface area contributed by atoms with Crippen LogP contribution in [-0.2, 0) is 0 Å². The van der Waals surface area contributed by atoms with Gasteiger partial charge in [0.05, 0.1) is 6.34 Å². The number of hydrogen-bond acceptors (Lipinski definition) is 1. The van der Waals surface area contributed by atoms with Crippen LogP contribution in [0, 0.1) is 0 Å². The highest BCUT2D eigenvalue weighted by atomic mass is 15.1. The van der Waals surface area contributed by atoms with Gasteiger partial charge in [0, 0.05) is 12.7 Å². The topological polar surface area (TPSA) is 15.6 Å². The molecule has 0 bridgehead atoms. The van der Waals surface area contributed by atoms with Crippen LogP contribution in [0.25, 0.3) is 0 Å². The lowest BCUT2D eigenvalue weighted by Crippen LogP contribution is -2.15. The molecule has 2 nitrogen and oxygen atoms in total. The molecule has 0 radical (unpaired) electrons. The highest BCUT2D eigenvalue weighted by Crippen LogP contribution is 2.05. The molecule has 0 aromatic carbocycles. The van der Waals surface area contributed by atoms with E-state index >= 15 is 0 Å². The Bertz CT molecular complexity index is 185. The molecule has 0 rings (SSSR count). The van der Waals surface area contributed by atoms with Crippen molar-refractivity contribution in [2.45, 2.75) is 45.4 Å². The number of nitrogens with zero attached hydrogens (tertiary/aromatic N) is 2. The molecule has 0 aliphatic rings. The lowest BCUT2D eigenvalue weighted by Gasteiger charge is -2.12. The van der Waals surface area contributed by atoms with E-state index < -0.39 is 0 Å². The first-order chi connectivity index (χ1) is 7.35. The molecular weight excluding hydrogens is 184 g/mol. The molecule has 0 aliphatic heterocycles. The third-order valence-corrected chi connectivity index (χ3v) is 2.32. The molecule has 15 heavy (non-hydrogen) atoms. The molecule has 86 valence electrons. The lowest BCUT2D eigenvalue weighted by atomic mass is 10.1. The molecule has 0 unspecified atom stereocenters. The van der Waals surface area contributed by atoms with Crippen LogP contribution in [0.1, 0.15) is 45.4 Å². The van der Waals surface area contributed by atoms with Gasteiger partial charge < -0.3 is 4.90 Å². The monoisotopic (exact) mass is 208 g/mol. The van der Waals surface area contributed by atoms with Crippen LogP contribution in [-0.4, -0.2) is 17.8 Å². The summed E-state index contributed by atoms with van der Waals surface area (Å²) in [6.45, 7) is 10.5. The number of hydrogen-bond donors (Lipinski definition) is 0. The minimum atomic E-state index is 1.01. The van der Waals surface area contributed by atoms with Gasteiger partial charge >= 0.3 is 0 Å². The fourth-order valence-corrected chi connectivity index (χ4v) is 1.40. The Kier molecular flexibility index (Phi) is 10.3. The van der Waals surface area contributed by atoms with E-state index in [0.717, 1.165) is 6.54 Å². The third-order valence-electron chi connectivity index (χ3n) is 2.32. The van der Waals surface area contributed by atoms with Crippen molar-refractivity contribution >= 4 is 6.34 Å². The molecule has 0 saturated carbocycles. The molecule has 0 saturated heterocycles. The second-order valence-corrected chi connectivity index (χ2v) is 3.64. The fraction of sp³-hybridized carbons (Fsp3) is 0.615. The first kappa shape index (κ1) is 13.9. The highest BCUT2D eigenvalue weighted by Gasteiger charge is 1.94. The quantitative estimate of drug-likeness (QED) is 0.301. The van der Waals surface area contributed by atoms with Crippen LogP contribution in [0.3, 0.4) is 0 Å². The summed E-state index contributed by atoms with van der Waals surface area (Å²) in [4.78, 5) is 5.97. The zero-order valence-electron chi connectivity index (χ0n) is 9.99. The van der Waals surface area contributed by atoms with Crippen LogP contribution >= 0.6 is 0 Å². The normalized spacial score (nSPS) is 10.5. The van der Waals surface area contributed by atoms with E-state index in [-0.39, 0.29) is 0 Å². The lowest BCUT2D eigenvalue weighted by molar-refractivity contribution is 0.510. The van der Waals surface area contributed by atoms with Gasteiger partial charge in [-0.15, -0.1) is 0 Å². The second kappa shape index (κ2) is 11.0. The van der Waals surface area contributed by atoms with Crippen LogP contribution in [0.4, 0.5) is 0 Å². The molecule has 0 N–H and O–H groups in total. The van der Waals surface area contributed by atoms with E-state index in [1.54, 1.807) is 12.5 Å². The van der Waals surface area contributed by atoms with Crippen LogP contribution in [0.5, 0.6) is 0 Å². The Morgan fingerprint density at radius 1 is 1.07 bits per heavy atom. The molecule has 0 atom stereocenters. The van der Waals surface area contributed by atoms with Gasteiger partial charge in [-0.2, -0.15) is 0 Å². The van der Waals surface area contributed by atoms with E-state index in [9.17, 15) is 0 Å². The van der Waals surface area contributed by atoms with E-state index in [1.165, 1.54) is 44.7 Å². The Labute approximate surface area is 94.4 Å². The maximum Gasteiger partial charge on any atom is 0.0944 e. The minimum absolute atomic E-state index is 1.01. The molecule has 0 aromatic heterocycles. The standard InChI is InChI=1S/C13H24N2/c1-4-7-8-9-10-11-12-15(6-3)13-14-5-2/h5-6,13H,2-4,7-12H2,1H3. The molecule has 0 fully saturated rings. The molecular formula is C13H24N2. The average Bonchev–Trinajstić information content (AvgIpc) is 2.27. The summed E-state index contributed by atoms with van der Waals surface area (Å²) in [6, 6.07) is 0. The molecule has 2 heteroatoms. The number of unbranched alkanes of at least 4 members (excludes halogenated alkanes) is 5. The predicted octanol–water partition coefficient (Wildman–Crippen LogP) is 3.96. The Balaban J connectivity index is 3.42. The van der Waals surface area contributed by atoms with Gasteiger partial charge in [-0.3, -0.25) is 0 Å². The van der Waals surface area contributed by atoms with Gasteiger partial charge in [-0.1, -0.05) is 52.2 Å². The zero-order chi connectivity index (χ0) is 11.4. The molecule has 0 amide bonds. The van der Waals surface area contributed by atoms with Crippen LogP contribution < -0.4 is 0 Å². The van der Waals surface area contributed by atoms with Gasteiger partial charge in [0.2, 0.25) is 0 Å². The summed E-state index contributed by atoms with van der Waals surface area (Å²) < 4.78 is 0. The van der Waals surface area contributed by atoms with Crippen molar-refractivity contribution in [2.24, 2.45) is 4.99 Å². The van der Waals surface area contributed by atoms with Crippen molar-refractivity contribution in [3.8, 4) is 0 Å². The maximum atomic E-state index is 3.96. The number of rotatable bonds is 10. The summed E-state index contributed by atoms with van der Waals surface area (Å²) >= 11 is 0. The number of aliphatic imine (C=N–C) groups is 1. The van der Waals surface area contributed by atoms with Gasteiger partial charge in [-0.05, 0) is 12.6 Å². The first-order valence-corrected chi connectivity index (χ1v) is 5.87. The summed E-state index contributed by atoms with van der Waals surface area (Å²) in [6.07, 6.45) is 13.0. The van der Waals surface area contributed by atoms with E-state index in [4.69, 9.17) is 0 Å². The van der Waals surface area contributed by atoms with Crippen molar-refractivity contribution in [2.75, 3.05) is 6.54 Å². The van der Waals surface area contributed by atoms with Gasteiger partial charge in [0.25, 0.3) is 0 Å². The average molecular weight is 208 g/mol. The van der Waals surface area contributed by atoms with Gasteiger partial charge in [-0.25, -0.2) is 4.99 Å². The maximum absolute atomic E-state index is 3.96. The van der Waals surface area contributed by atoms with Gasteiger partial charge in [0.15, 0.2) is 0 Å². The zero-order valence-corrected chi connectivity index (χ0v) is 9.99. The van der Waals surface area contributed by atoms with E-state index in [1.807, 2.05) is 4.90 Å². The van der Waals surface area contributed by atoms with E-state index in [0.29, 0.717) is 0 Å². The summed E-state index contributed by atoms with van der Waals surface area (Å²) in [5.41, 5.74) is 0. The molecule has 0 spiro atoms. The van der Waals surface area contributed by atoms with Crippen LogP contribution in [0.2, 0.25) is 0 Å². The van der Waals surface area contributed by atoms with Crippen molar-refractivity contribution < 1.29 is 0 Å². The SMILES string of the molecule is C=CN=CN(C=C)CCCCCCCC. The van der Waals surface area contributed by atoms with Crippen molar-refractivity contribution in [1.29, 1.82) is 0 Å². The predicted molar refractivity (Wildman–Crippen MR) is 69.0 cm³/mol. The molecule has 0 heterocycles. The first-order valence-electron chi connectivity index (χ1n) is 5.87. The Morgan fingerprint density at radius 3 is 2.33 bits per heavy atom. The van der Waals surface area contributed by atoms with Crippen molar-refractivity contribution in [3.05, 3.63) is 25.6 Å². The fourth-order valence-electron chi connectivity index (χ4n) is 1.40. The van der Waals surface area contributed by atoms with Crippen LogP contribution in [0.15, 0.2) is 30.6 Å². The van der Waals surface area contributed by atoms with E-state index in [2.05, 4.69) is 25.1 Å². The Morgan fingerprint density at radius 2 is 1.73 bits per heavy atom. The Hall–Kier alpha value is -1.05. The van der Waals surface area contributed by atoms with Crippen molar-refractivity contribution in [1.82, 2.24) is 4.90 Å². The molecule has 0 aromatic rings. The molecule has 0 aliphatic carbocycles. The van der Waals surface area contributed by atoms with Gasteiger partial charge in [0.1, 0.15) is 0 Å². The summed E-state index contributed by atoms with van der Waals surface area (Å²) in [5.74, 6) is 0.